The molecule has 6 heteroatoms. The largest absolute Gasteiger partial charge is 0.476 e. The maximum absolute atomic E-state index is 10.8. The molecule has 96 valence electrons. The van der Waals surface area contributed by atoms with Gasteiger partial charge in [-0.25, -0.2) is 9.78 Å². The zero-order chi connectivity index (χ0) is 13.6. The van der Waals surface area contributed by atoms with Gasteiger partial charge in [0, 0.05) is 18.7 Å². The van der Waals surface area contributed by atoms with E-state index in [9.17, 15) is 4.79 Å². The smallest absolute Gasteiger partial charge is 0.358 e. The molecule has 0 spiro atoms. The van der Waals surface area contributed by atoms with E-state index in [4.69, 9.17) is 9.63 Å². The molecule has 19 heavy (non-hydrogen) atoms. The Kier molecular flexibility index (Phi) is 2.38. The molecule has 0 atom stereocenters. The first-order valence-electron chi connectivity index (χ1n) is 5.70. The fourth-order valence-corrected chi connectivity index (χ4v) is 2.03. The highest BCUT2D eigenvalue weighted by Crippen LogP contribution is 2.28. The molecule has 0 saturated heterocycles. The summed E-state index contributed by atoms with van der Waals surface area (Å²) in [6, 6.07) is 7.07. The highest BCUT2D eigenvalue weighted by atomic mass is 16.5. The van der Waals surface area contributed by atoms with Gasteiger partial charge in [-0.1, -0.05) is 11.2 Å². The Hall–Kier alpha value is -2.63. The van der Waals surface area contributed by atoms with Gasteiger partial charge in [0.1, 0.15) is 5.82 Å². The van der Waals surface area contributed by atoms with Gasteiger partial charge in [0.2, 0.25) is 0 Å². The van der Waals surface area contributed by atoms with Gasteiger partial charge < -0.3 is 14.2 Å². The Bertz CT molecular complexity index is 786. The number of imidazole rings is 1. The Morgan fingerprint density at radius 1 is 1.42 bits per heavy atom. The third-order valence-electron chi connectivity index (χ3n) is 3.13. The minimum atomic E-state index is -1.11. The van der Waals surface area contributed by atoms with Crippen molar-refractivity contribution in [3.8, 4) is 11.3 Å². The summed E-state index contributed by atoms with van der Waals surface area (Å²) in [7, 11) is 1.93. The van der Waals surface area contributed by atoms with Gasteiger partial charge >= 0.3 is 5.97 Å². The van der Waals surface area contributed by atoms with Crippen LogP contribution in [0, 0.1) is 6.92 Å². The van der Waals surface area contributed by atoms with Crippen molar-refractivity contribution in [3.05, 3.63) is 35.8 Å². The van der Waals surface area contributed by atoms with Crippen LogP contribution >= 0.6 is 0 Å². The average Bonchev–Trinajstić information content (AvgIpc) is 2.96. The molecule has 3 aromatic rings. The first kappa shape index (κ1) is 11.5. The summed E-state index contributed by atoms with van der Waals surface area (Å²) in [6.45, 7) is 1.91. The topological polar surface area (TPSA) is 81.2 Å². The van der Waals surface area contributed by atoms with Crippen LogP contribution in [-0.4, -0.2) is 25.8 Å². The van der Waals surface area contributed by atoms with Gasteiger partial charge in [0.05, 0.1) is 11.0 Å². The SMILES string of the molecule is Cc1nc2c(-c3cc(C(=O)O)no3)cccc2n1C. The number of benzene rings is 1. The van der Waals surface area contributed by atoms with Crippen LogP contribution in [-0.2, 0) is 7.05 Å². The number of fused-ring (bicyclic) bond motifs is 1. The van der Waals surface area contributed by atoms with Crippen LogP contribution in [0.15, 0.2) is 28.8 Å². The fraction of sp³-hybridized carbons (Fsp3) is 0.154. The van der Waals surface area contributed by atoms with Crippen molar-refractivity contribution in [2.75, 3.05) is 0 Å². The van der Waals surface area contributed by atoms with Gasteiger partial charge in [-0.05, 0) is 19.1 Å². The molecule has 0 aliphatic heterocycles. The minimum absolute atomic E-state index is 0.111. The van der Waals surface area contributed by atoms with Crippen LogP contribution in [0.5, 0.6) is 0 Å². The number of rotatable bonds is 2. The molecule has 1 N–H and O–H groups in total. The average molecular weight is 257 g/mol. The van der Waals surface area contributed by atoms with Crippen LogP contribution in [0.2, 0.25) is 0 Å². The van der Waals surface area contributed by atoms with E-state index in [0.29, 0.717) is 5.76 Å². The molecule has 0 amide bonds. The first-order valence-corrected chi connectivity index (χ1v) is 5.70. The predicted octanol–water partition coefficient (Wildman–Crippen LogP) is 2.23. The molecule has 2 heterocycles. The predicted molar refractivity (Wildman–Crippen MR) is 67.9 cm³/mol. The van der Waals surface area contributed by atoms with Crippen molar-refractivity contribution < 1.29 is 14.4 Å². The molecular formula is C13H11N3O3. The Morgan fingerprint density at radius 2 is 2.21 bits per heavy atom. The Morgan fingerprint density at radius 3 is 2.89 bits per heavy atom. The molecule has 0 aliphatic carbocycles. The zero-order valence-electron chi connectivity index (χ0n) is 10.4. The molecule has 6 nitrogen and oxygen atoms in total. The van der Waals surface area contributed by atoms with Gasteiger partial charge in [0.15, 0.2) is 11.5 Å². The van der Waals surface area contributed by atoms with E-state index in [0.717, 1.165) is 22.4 Å². The summed E-state index contributed by atoms with van der Waals surface area (Å²) in [5, 5.41) is 12.4. The van der Waals surface area contributed by atoms with E-state index >= 15 is 0 Å². The summed E-state index contributed by atoms with van der Waals surface area (Å²) in [5.74, 6) is 0.167. The lowest BCUT2D eigenvalue weighted by molar-refractivity contribution is 0.0686. The molecule has 0 saturated carbocycles. The standard InChI is InChI=1S/C13H11N3O3/c1-7-14-12-8(4-3-5-10(12)16(7)2)11-6-9(13(17)18)15-19-11/h3-6H,1-2H3,(H,17,18). The number of aryl methyl sites for hydroxylation is 2. The number of hydrogen-bond donors (Lipinski definition) is 1. The summed E-state index contributed by atoms with van der Waals surface area (Å²) in [4.78, 5) is 15.3. The van der Waals surface area contributed by atoms with Gasteiger partial charge in [-0.15, -0.1) is 0 Å². The maximum atomic E-state index is 10.8. The van der Waals surface area contributed by atoms with E-state index in [1.807, 2.05) is 36.7 Å². The Balaban J connectivity index is 2.24. The van der Waals surface area contributed by atoms with Gasteiger partial charge in [0.25, 0.3) is 0 Å². The lowest BCUT2D eigenvalue weighted by Crippen LogP contribution is -1.94. The van der Waals surface area contributed by atoms with Crippen molar-refractivity contribution in [2.45, 2.75) is 6.92 Å². The number of carboxylic acids is 1. The number of carbonyl (C=O) groups is 1. The summed E-state index contributed by atoms with van der Waals surface area (Å²) >= 11 is 0. The Labute approximate surface area is 108 Å². The lowest BCUT2D eigenvalue weighted by Gasteiger charge is -1.98. The number of aromatic carboxylic acids is 1. The molecule has 3 rings (SSSR count). The fourth-order valence-electron chi connectivity index (χ4n) is 2.03. The second-order valence-electron chi connectivity index (χ2n) is 4.27. The van der Waals surface area contributed by atoms with E-state index in [-0.39, 0.29) is 5.69 Å². The summed E-state index contributed by atoms with van der Waals surface area (Å²) < 4.78 is 7.05. The lowest BCUT2D eigenvalue weighted by atomic mass is 10.1. The van der Waals surface area contributed by atoms with E-state index in [2.05, 4.69) is 10.1 Å². The second-order valence-corrected chi connectivity index (χ2v) is 4.27. The third kappa shape index (κ3) is 1.69. The van der Waals surface area contributed by atoms with Gasteiger partial charge in [-0.3, -0.25) is 0 Å². The molecular weight excluding hydrogens is 246 g/mol. The number of aromatic nitrogens is 3. The van der Waals surface area contributed by atoms with Crippen LogP contribution in [0.3, 0.4) is 0 Å². The van der Waals surface area contributed by atoms with Gasteiger partial charge in [-0.2, -0.15) is 0 Å². The quantitative estimate of drug-likeness (QED) is 0.761. The van der Waals surface area contributed by atoms with Crippen molar-refractivity contribution in [2.24, 2.45) is 7.05 Å². The van der Waals surface area contributed by atoms with Crippen LogP contribution < -0.4 is 0 Å². The second kappa shape index (κ2) is 3.94. The van der Waals surface area contributed by atoms with Crippen molar-refractivity contribution in [1.29, 1.82) is 0 Å². The van der Waals surface area contributed by atoms with Crippen molar-refractivity contribution >= 4 is 17.0 Å². The summed E-state index contributed by atoms with van der Waals surface area (Å²) in [5.41, 5.74) is 2.36. The van der Waals surface area contributed by atoms with Crippen molar-refractivity contribution in [3.63, 3.8) is 0 Å². The molecule has 0 fully saturated rings. The van der Waals surface area contributed by atoms with Crippen LogP contribution in [0.1, 0.15) is 16.3 Å². The molecule has 0 unspecified atom stereocenters. The normalized spacial score (nSPS) is 11.1. The van der Waals surface area contributed by atoms with E-state index < -0.39 is 5.97 Å². The van der Waals surface area contributed by atoms with Crippen LogP contribution in [0.25, 0.3) is 22.4 Å². The molecule has 0 bridgehead atoms. The highest BCUT2D eigenvalue weighted by Gasteiger charge is 2.16. The number of para-hydroxylation sites is 1. The summed E-state index contributed by atoms with van der Waals surface area (Å²) in [6.07, 6.45) is 0. The maximum Gasteiger partial charge on any atom is 0.358 e. The molecule has 0 aliphatic rings. The monoisotopic (exact) mass is 257 g/mol. The molecule has 0 radical (unpaired) electrons. The number of nitrogens with zero attached hydrogens (tertiary/aromatic N) is 3. The van der Waals surface area contributed by atoms with Crippen LogP contribution in [0.4, 0.5) is 0 Å². The number of hydrogen-bond acceptors (Lipinski definition) is 4. The molecule has 2 aromatic heterocycles. The van der Waals surface area contributed by atoms with E-state index in [1.165, 1.54) is 6.07 Å². The van der Waals surface area contributed by atoms with Crippen molar-refractivity contribution in [1.82, 2.24) is 14.7 Å². The van der Waals surface area contributed by atoms with E-state index in [1.54, 1.807) is 0 Å². The highest BCUT2D eigenvalue weighted by molar-refractivity contribution is 5.93. The molecule has 1 aromatic carbocycles. The first-order chi connectivity index (χ1) is 9.08. The third-order valence-corrected chi connectivity index (χ3v) is 3.13. The minimum Gasteiger partial charge on any atom is -0.476 e. The number of carboxylic acid groups (broad SMARTS) is 1. The zero-order valence-corrected chi connectivity index (χ0v) is 10.4.